The monoisotopic (exact) mass is 221 g/mol. The quantitative estimate of drug-likeness (QED) is 0.594. The Morgan fingerprint density at radius 1 is 1.56 bits per heavy atom. The van der Waals surface area contributed by atoms with Crippen molar-refractivity contribution in [2.24, 2.45) is 0 Å². The van der Waals surface area contributed by atoms with E-state index in [1.165, 1.54) is 0 Å². The molecule has 1 saturated carbocycles. The third-order valence-corrected chi connectivity index (χ3v) is 4.76. The summed E-state index contributed by atoms with van der Waals surface area (Å²) < 4.78 is 5.59. The van der Waals surface area contributed by atoms with Crippen LogP contribution in [-0.4, -0.2) is 46.3 Å². The van der Waals surface area contributed by atoms with Gasteiger partial charge in [0.25, 0.3) is 0 Å². The summed E-state index contributed by atoms with van der Waals surface area (Å²) >= 11 is 0. The van der Waals surface area contributed by atoms with Crippen LogP contribution < -0.4 is 0 Å². The molecule has 1 aliphatic carbocycles. The summed E-state index contributed by atoms with van der Waals surface area (Å²) in [6, 6.07) is 0.544. The molecule has 0 radical (unpaired) electrons. The van der Waals surface area contributed by atoms with E-state index in [0.29, 0.717) is 12.5 Å². The number of hydrogen-bond acceptors (Lipinski definition) is 4. The van der Waals surface area contributed by atoms with Gasteiger partial charge in [-0.25, -0.2) is 4.79 Å². The summed E-state index contributed by atoms with van der Waals surface area (Å²) in [7, 11) is 0. The van der Waals surface area contributed by atoms with E-state index >= 15 is 0 Å². The Hall–Kier alpha value is -0.870. The second-order valence-corrected chi connectivity index (χ2v) is 5.42. The van der Waals surface area contributed by atoms with E-state index < -0.39 is 5.60 Å². The molecule has 86 valence electrons. The van der Waals surface area contributed by atoms with Gasteiger partial charge >= 0.3 is 5.97 Å². The Bertz CT molecular complexity index is 405. The molecule has 5 rings (SSSR count). The maximum atomic E-state index is 11.5. The molecule has 0 unspecified atom stereocenters. The number of aliphatic hydroxyl groups is 1. The molecule has 4 fully saturated rings. The van der Waals surface area contributed by atoms with Crippen molar-refractivity contribution in [1.82, 2.24) is 4.90 Å². The van der Waals surface area contributed by atoms with Crippen molar-refractivity contribution in [2.75, 3.05) is 6.54 Å². The molecule has 0 aromatic heterocycles. The molecule has 4 heterocycles. The van der Waals surface area contributed by atoms with Crippen LogP contribution >= 0.6 is 0 Å². The minimum atomic E-state index is -0.470. The zero-order valence-electron chi connectivity index (χ0n) is 9.06. The highest BCUT2D eigenvalue weighted by molar-refractivity contribution is 5.87. The number of rotatable bonds is 0. The number of ether oxygens (including phenoxy) is 1. The third kappa shape index (κ3) is 0.870. The molecule has 4 aliphatic heterocycles. The largest absolute Gasteiger partial charge is 0.450 e. The molecule has 16 heavy (non-hydrogen) atoms. The molecule has 4 nitrogen and oxygen atoms in total. The molecule has 5 aliphatic rings. The maximum Gasteiger partial charge on any atom is 0.331 e. The van der Waals surface area contributed by atoms with E-state index in [1.807, 2.05) is 0 Å². The number of carbonyl (C=O) groups is 1. The summed E-state index contributed by atoms with van der Waals surface area (Å²) in [5.74, 6) is -0.211. The summed E-state index contributed by atoms with van der Waals surface area (Å²) in [4.78, 5) is 13.9. The molecule has 2 bridgehead atoms. The van der Waals surface area contributed by atoms with E-state index in [-0.39, 0.29) is 18.1 Å². The Kier molecular flexibility index (Phi) is 1.54. The zero-order chi connectivity index (χ0) is 10.9. The smallest absolute Gasteiger partial charge is 0.331 e. The Morgan fingerprint density at radius 3 is 3.31 bits per heavy atom. The average molecular weight is 221 g/mol. The lowest BCUT2D eigenvalue weighted by Crippen LogP contribution is -2.68. The number of hydrogen-bond donors (Lipinski definition) is 1. The first-order valence-corrected chi connectivity index (χ1v) is 6.08. The lowest BCUT2D eigenvalue weighted by Gasteiger charge is -2.56. The number of fused-ring (bicyclic) bond motifs is 1. The van der Waals surface area contributed by atoms with Gasteiger partial charge in [0.05, 0.1) is 12.1 Å². The molecular weight excluding hydrogens is 206 g/mol. The number of carbonyl (C=O) groups excluding carboxylic acids is 1. The fourth-order valence-electron chi connectivity index (χ4n) is 4.19. The van der Waals surface area contributed by atoms with Gasteiger partial charge in [-0.05, 0) is 31.4 Å². The van der Waals surface area contributed by atoms with Crippen molar-refractivity contribution in [1.29, 1.82) is 0 Å². The predicted molar refractivity (Wildman–Crippen MR) is 55.7 cm³/mol. The number of nitrogens with zero attached hydrogens (tertiary/aromatic N) is 1. The molecule has 3 saturated heterocycles. The van der Waals surface area contributed by atoms with Gasteiger partial charge in [-0.15, -0.1) is 0 Å². The Balaban J connectivity index is 1.86. The third-order valence-electron chi connectivity index (χ3n) is 4.76. The van der Waals surface area contributed by atoms with Gasteiger partial charge in [-0.2, -0.15) is 0 Å². The van der Waals surface area contributed by atoms with Gasteiger partial charge in [-0.3, -0.25) is 4.90 Å². The van der Waals surface area contributed by atoms with Crippen LogP contribution in [0.25, 0.3) is 0 Å². The van der Waals surface area contributed by atoms with Gasteiger partial charge < -0.3 is 9.84 Å². The Labute approximate surface area is 93.9 Å². The summed E-state index contributed by atoms with van der Waals surface area (Å²) in [6.45, 7) is 1.04. The van der Waals surface area contributed by atoms with Crippen molar-refractivity contribution in [3.8, 4) is 0 Å². The van der Waals surface area contributed by atoms with Crippen LogP contribution in [0.4, 0.5) is 0 Å². The van der Waals surface area contributed by atoms with E-state index in [2.05, 4.69) is 4.90 Å². The van der Waals surface area contributed by atoms with Crippen LogP contribution in [0.15, 0.2) is 11.6 Å². The highest BCUT2D eigenvalue weighted by Crippen LogP contribution is 2.53. The molecule has 0 amide bonds. The van der Waals surface area contributed by atoms with Crippen LogP contribution in [0.3, 0.4) is 0 Å². The fraction of sp³-hybridized carbons (Fsp3) is 0.750. The SMILES string of the molecule is O=C1C=C2C[C@@H]3[C@@H](O)C[C@@]2(O1)[C@H]1CCCN31. The van der Waals surface area contributed by atoms with E-state index in [9.17, 15) is 9.90 Å². The van der Waals surface area contributed by atoms with E-state index in [1.54, 1.807) is 6.08 Å². The first-order chi connectivity index (χ1) is 7.71. The van der Waals surface area contributed by atoms with Crippen molar-refractivity contribution in [3.05, 3.63) is 11.6 Å². The van der Waals surface area contributed by atoms with E-state index in [0.717, 1.165) is 31.4 Å². The van der Waals surface area contributed by atoms with Crippen LogP contribution in [0.2, 0.25) is 0 Å². The second-order valence-electron chi connectivity index (χ2n) is 5.42. The van der Waals surface area contributed by atoms with Crippen molar-refractivity contribution >= 4 is 5.97 Å². The number of piperidine rings is 2. The highest BCUT2D eigenvalue weighted by Gasteiger charge is 2.63. The Morgan fingerprint density at radius 2 is 2.44 bits per heavy atom. The molecule has 0 aromatic rings. The first kappa shape index (κ1) is 9.19. The van der Waals surface area contributed by atoms with Crippen molar-refractivity contribution in [3.63, 3.8) is 0 Å². The topological polar surface area (TPSA) is 49.8 Å². The minimum absolute atomic E-state index is 0.211. The lowest BCUT2D eigenvalue weighted by molar-refractivity contribution is -0.176. The van der Waals surface area contributed by atoms with Gasteiger partial charge in [0.2, 0.25) is 0 Å². The zero-order valence-corrected chi connectivity index (χ0v) is 9.06. The molecule has 4 heteroatoms. The van der Waals surface area contributed by atoms with Crippen LogP contribution in [-0.2, 0) is 9.53 Å². The van der Waals surface area contributed by atoms with Gasteiger partial charge in [0.1, 0.15) is 0 Å². The molecule has 4 atom stereocenters. The van der Waals surface area contributed by atoms with Gasteiger partial charge in [0, 0.05) is 18.5 Å². The summed E-state index contributed by atoms with van der Waals surface area (Å²) in [6.07, 6.45) is 4.99. The number of aliphatic hydroxyl groups excluding tert-OH is 1. The van der Waals surface area contributed by atoms with E-state index in [4.69, 9.17) is 4.74 Å². The second kappa shape index (κ2) is 2.68. The van der Waals surface area contributed by atoms with Crippen LogP contribution in [0, 0.1) is 0 Å². The van der Waals surface area contributed by atoms with Crippen molar-refractivity contribution in [2.45, 2.75) is 49.5 Å². The van der Waals surface area contributed by atoms with Crippen LogP contribution in [0.1, 0.15) is 25.7 Å². The molecule has 0 aromatic carbocycles. The molecular formula is C12H15NO3. The first-order valence-electron chi connectivity index (χ1n) is 6.08. The highest BCUT2D eigenvalue weighted by atomic mass is 16.6. The summed E-state index contributed by atoms with van der Waals surface area (Å²) in [5.41, 5.74) is 0.665. The van der Waals surface area contributed by atoms with Gasteiger partial charge in [-0.1, -0.05) is 0 Å². The van der Waals surface area contributed by atoms with Crippen LogP contribution in [0.5, 0.6) is 0 Å². The van der Waals surface area contributed by atoms with Crippen molar-refractivity contribution < 1.29 is 14.6 Å². The predicted octanol–water partition coefficient (Wildman–Crippen LogP) is 0.210. The molecule has 1 spiro atoms. The fourth-order valence-corrected chi connectivity index (χ4v) is 4.19. The van der Waals surface area contributed by atoms with Gasteiger partial charge in [0.15, 0.2) is 5.60 Å². The molecule has 1 N–H and O–H groups in total. The standard InChI is InChI=1S/C12H15NO3/c14-9-6-12-7(5-11(15)16-12)4-8(9)13-3-1-2-10(12)13/h5,8-10,14H,1-4,6H2/t8-,9+,10-,12+/m1/s1. The number of esters is 1. The average Bonchev–Trinajstić information content (AvgIpc) is 2.79. The maximum absolute atomic E-state index is 11.5. The minimum Gasteiger partial charge on any atom is -0.450 e. The lowest BCUT2D eigenvalue weighted by atomic mass is 9.67. The summed E-state index contributed by atoms with van der Waals surface area (Å²) in [5, 5.41) is 10.1. The normalized spacial score (nSPS) is 49.9.